The molecule has 0 aliphatic carbocycles. The Balaban J connectivity index is 2.39. The van der Waals surface area contributed by atoms with Crippen LogP contribution >= 0.6 is 0 Å². The first-order valence-electron chi connectivity index (χ1n) is 7.13. The van der Waals surface area contributed by atoms with E-state index in [1.165, 1.54) is 0 Å². The Labute approximate surface area is 115 Å². The molecule has 1 unspecified atom stereocenters. The molecular weight excluding hydrogens is 240 g/mol. The Morgan fingerprint density at radius 3 is 2.79 bits per heavy atom. The normalized spacial score (nSPS) is 19.6. The van der Waals surface area contributed by atoms with Crippen LogP contribution < -0.4 is 10.2 Å². The number of nitrogens with zero attached hydrogens (tertiary/aromatic N) is 3. The smallest absolute Gasteiger partial charge is 0.137 e. The number of hydrogen-bond acceptors (Lipinski definition) is 5. The topological polar surface area (TPSA) is 50.3 Å². The quantitative estimate of drug-likeness (QED) is 0.901. The van der Waals surface area contributed by atoms with Crippen molar-refractivity contribution in [2.45, 2.75) is 40.2 Å². The summed E-state index contributed by atoms with van der Waals surface area (Å²) in [5, 5.41) is 3.34. The van der Waals surface area contributed by atoms with E-state index in [1.807, 2.05) is 0 Å². The second kappa shape index (κ2) is 6.19. The van der Waals surface area contributed by atoms with Gasteiger partial charge in [0.25, 0.3) is 0 Å². The summed E-state index contributed by atoms with van der Waals surface area (Å²) in [5.74, 6) is 2.91. The van der Waals surface area contributed by atoms with Gasteiger partial charge in [0.05, 0.1) is 19.3 Å². The van der Waals surface area contributed by atoms with E-state index in [-0.39, 0.29) is 0 Å². The van der Waals surface area contributed by atoms with Gasteiger partial charge in [-0.1, -0.05) is 6.92 Å². The molecule has 2 rings (SSSR count). The van der Waals surface area contributed by atoms with Gasteiger partial charge in [-0.25, -0.2) is 9.97 Å². The standard InChI is InChI=1S/C14H24N4O/c1-5-12-16-13(15-6-2)11(4)14(17-12)18-7-8-19-9-10(18)3/h10H,5-9H2,1-4H3,(H,15,16,17). The number of ether oxygens (including phenoxy) is 1. The summed E-state index contributed by atoms with van der Waals surface area (Å²) in [6.07, 6.45) is 0.852. The van der Waals surface area contributed by atoms with E-state index in [0.29, 0.717) is 6.04 Å². The molecular formula is C14H24N4O. The van der Waals surface area contributed by atoms with Crippen molar-refractivity contribution in [1.82, 2.24) is 9.97 Å². The SMILES string of the molecule is CCNc1nc(CC)nc(N2CCOCC2C)c1C. The number of anilines is 2. The van der Waals surface area contributed by atoms with Gasteiger partial charge in [0.15, 0.2) is 0 Å². The minimum absolute atomic E-state index is 0.363. The Morgan fingerprint density at radius 1 is 1.37 bits per heavy atom. The van der Waals surface area contributed by atoms with Crippen molar-refractivity contribution in [1.29, 1.82) is 0 Å². The second-order valence-electron chi connectivity index (χ2n) is 4.94. The minimum atomic E-state index is 0.363. The molecule has 5 nitrogen and oxygen atoms in total. The fourth-order valence-corrected chi connectivity index (χ4v) is 2.37. The van der Waals surface area contributed by atoms with Crippen LogP contribution in [0.3, 0.4) is 0 Å². The van der Waals surface area contributed by atoms with Crippen molar-refractivity contribution in [3.05, 3.63) is 11.4 Å². The molecule has 1 fully saturated rings. The summed E-state index contributed by atoms with van der Waals surface area (Å²) in [6.45, 7) is 11.8. The fourth-order valence-electron chi connectivity index (χ4n) is 2.37. The molecule has 0 spiro atoms. The van der Waals surface area contributed by atoms with Gasteiger partial charge < -0.3 is 15.0 Å². The molecule has 106 valence electrons. The first-order valence-corrected chi connectivity index (χ1v) is 7.13. The average molecular weight is 264 g/mol. The zero-order valence-electron chi connectivity index (χ0n) is 12.4. The summed E-state index contributed by atoms with van der Waals surface area (Å²) in [4.78, 5) is 11.6. The molecule has 1 saturated heterocycles. The van der Waals surface area contributed by atoms with Crippen LogP contribution in [0.15, 0.2) is 0 Å². The first-order chi connectivity index (χ1) is 9.17. The molecule has 1 aliphatic heterocycles. The second-order valence-corrected chi connectivity index (χ2v) is 4.94. The van der Waals surface area contributed by atoms with Crippen LogP contribution in [0.1, 0.15) is 32.2 Å². The maximum Gasteiger partial charge on any atom is 0.137 e. The average Bonchev–Trinajstić information content (AvgIpc) is 2.42. The molecule has 5 heteroatoms. The van der Waals surface area contributed by atoms with Crippen LogP contribution in [0.25, 0.3) is 0 Å². The third-order valence-corrected chi connectivity index (χ3v) is 3.47. The number of nitrogens with one attached hydrogen (secondary N) is 1. The van der Waals surface area contributed by atoms with E-state index < -0.39 is 0 Å². The number of rotatable bonds is 4. The van der Waals surface area contributed by atoms with Gasteiger partial charge in [-0.2, -0.15) is 0 Å². The molecule has 2 heterocycles. The van der Waals surface area contributed by atoms with Crippen molar-refractivity contribution in [2.75, 3.05) is 36.5 Å². The summed E-state index contributed by atoms with van der Waals surface area (Å²) in [5.41, 5.74) is 1.13. The Kier molecular flexibility index (Phi) is 4.58. The maximum absolute atomic E-state index is 5.51. The van der Waals surface area contributed by atoms with Gasteiger partial charge in [-0.3, -0.25) is 0 Å². The zero-order valence-corrected chi connectivity index (χ0v) is 12.4. The Bertz CT molecular complexity index is 436. The van der Waals surface area contributed by atoms with Gasteiger partial charge in [0, 0.05) is 25.1 Å². The molecule has 1 aliphatic rings. The third kappa shape index (κ3) is 2.97. The summed E-state index contributed by atoms with van der Waals surface area (Å²) in [6, 6.07) is 0.363. The molecule has 0 bridgehead atoms. The van der Waals surface area contributed by atoms with E-state index in [0.717, 1.165) is 55.7 Å². The Hall–Kier alpha value is -1.36. The number of aromatic nitrogens is 2. The number of morpholine rings is 1. The molecule has 0 aromatic carbocycles. The predicted molar refractivity (Wildman–Crippen MR) is 77.9 cm³/mol. The highest BCUT2D eigenvalue weighted by Gasteiger charge is 2.23. The van der Waals surface area contributed by atoms with Crippen molar-refractivity contribution >= 4 is 11.6 Å². The lowest BCUT2D eigenvalue weighted by atomic mass is 10.2. The van der Waals surface area contributed by atoms with E-state index >= 15 is 0 Å². The molecule has 19 heavy (non-hydrogen) atoms. The largest absolute Gasteiger partial charge is 0.377 e. The molecule has 1 aromatic rings. The highest BCUT2D eigenvalue weighted by molar-refractivity contribution is 5.59. The molecule has 1 aromatic heterocycles. The number of aryl methyl sites for hydroxylation is 1. The molecule has 1 atom stereocenters. The van der Waals surface area contributed by atoms with Gasteiger partial charge in [0.2, 0.25) is 0 Å². The van der Waals surface area contributed by atoms with Crippen molar-refractivity contribution in [3.63, 3.8) is 0 Å². The molecule has 0 radical (unpaired) electrons. The predicted octanol–water partition coefficient (Wildman–Crippen LogP) is 2.00. The van der Waals surface area contributed by atoms with Crippen molar-refractivity contribution < 1.29 is 4.74 Å². The fraction of sp³-hybridized carbons (Fsp3) is 0.714. The van der Waals surface area contributed by atoms with Gasteiger partial charge in [0.1, 0.15) is 17.5 Å². The maximum atomic E-state index is 5.51. The van der Waals surface area contributed by atoms with Gasteiger partial charge >= 0.3 is 0 Å². The van der Waals surface area contributed by atoms with E-state index in [2.05, 4.69) is 42.9 Å². The first kappa shape index (κ1) is 14.1. The summed E-state index contributed by atoms with van der Waals surface area (Å²) < 4.78 is 5.51. The zero-order chi connectivity index (χ0) is 13.8. The monoisotopic (exact) mass is 264 g/mol. The lowest BCUT2D eigenvalue weighted by Gasteiger charge is -2.35. The van der Waals surface area contributed by atoms with Crippen molar-refractivity contribution in [3.8, 4) is 0 Å². The third-order valence-electron chi connectivity index (χ3n) is 3.47. The summed E-state index contributed by atoms with van der Waals surface area (Å²) >= 11 is 0. The lowest BCUT2D eigenvalue weighted by Crippen LogP contribution is -2.44. The van der Waals surface area contributed by atoms with Gasteiger partial charge in [-0.15, -0.1) is 0 Å². The minimum Gasteiger partial charge on any atom is -0.377 e. The van der Waals surface area contributed by atoms with E-state index in [4.69, 9.17) is 9.72 Å². The van der Waals surface area contributed by atoms with Crippen LogP contribution in [0.5, 0.6) is 0 Å². The van der Waals surface area contributed by atoms with Crippen LogP contribution in [0, 0.1) is 6.92 Å². The Morgan fingerprint density at radius 2 is 2.16 bits per heavy atom. The lowest BCUT2D eigenvalue weighted by molar-refractivity contribution is 0.0984. The van der Waals surface area contributed by atoms with Crippen LogP contribution in [0.4, 0.5) is 11.6 Å². The highest BCUT2D eigenvalue weighted by Crippen LogP contribution is 2.26. The number of hydrogen-bond donors (Lipinski definition) is 1. The van der Waals surface area contributed by atoms with E-state index in [9.17, 15) is 0 Å². The molecule has 1 N–H and O–H groups in total. The highest BCUT2D eigenvalue weighted by atomic mass is 16.5. The van der Waals surface area contributed by atoms with Crippen molar-refractivity contribution in [2.24, 2.45) is 0 Å². The van der Waals surface area contributed by atoms with Crippen LogP contribution in [-0.2, 0) is 11.2 Å². The van der Waals surface area contributed by atoms with Crippen LogP contribution in [-0.4, -0.2) is 42.3 Å². The van der Waals surface area contributed by atoms with Gasteiger partial charge in [-0.05, 0) is 20.8 Å². The van der Waals surface area contributed by atoms with E-state index in [1.54, 1.807) is 0 Å². The molecule has 0 amide bonds. The summed E-state index contributed by atoms with van der Waals surface area (Å²) in [7, 11) is 0. The molecule has 0 saturated carbocycles. The van der Waals surface area contributed by atoms with Crippen LogP contribution in [0.2, 0.25) is 0 Å².